The van der Waals surface area contributed by atoms with Crippen LogP contribution in [-0.2, 0) is 0 Å². The molecule has 1 heterocycles. The molecule has 1 aromatic carbocycles. The van der Waals surface area contributed by atoms with Crippen LogP contribution in [0.5, 0.6) is 0 Å². The van der Waals surface area contributed by atoms with Crippen molar-refractivity contribution in [1.29, 1.82) is 0 Å². The zero-order valence-electron chi connectivity index (χ0n) is 9.47. The van der Waals surface area contributed by atoms with Crippen LogP contribution >= 0.6 is 15.9 Å². The van der Waals surface area contributed by atoms with Gasteiger partial charge < -0.3 is 14.8 Å². The predicted molar refractivity (Wildman–Crippen MR) is 70.1 cm³/mol. The van der Waals surface area contributed by atoms with Crippen molar-refractivity contribution >= 4 is 21.8 Å². The summed E-state index contributed by atoms with van der Waals surface area (Å²) in [5.41, 5.74) is 0.846. The molecule has 0 saturated heterocycles. The summed E-state index contributed by atoms with van der Waals surface area (Å²) in [6.45, 7) is -0.169. The molecule has 0 aliphatic rings. The van der Waals surface area contributed by atoms with E-state index in [-0.39, 0.29) is 18.3 Å². The molecule has 0 fully saturated rings. The Morgan fingerprint density at radius 1 is 1.28 bits per heavy atom. The number of carbonyl (C=O) groups excluding carboxylic acids is 1. The minimum absolute atomic E-state index is 0.169. The van der Waals surface area contributed by atoms with Gasteiger partial charge in [0.25, 0.3) is 5.91 Å². The number of furan rings is 1. The molecule has 0 bridgehead atoms. The van der Waals surface area contributed by atoms with Gasteiger partial charge in [-0.05, 0) is 33.6 Å². The highest BCUT2D eigenvalue weighted by Crippen LogP contribution is 2.16. The van der Waals surface area contributed by atoms with E-state index in [9.17, 15) is 9.90 Å². The highest BCUT2D eigenvalue weighted by molar-refractivity contribution is 9.10. The third kappa shape index (κ3) is 3.00. The van der Waals surface area contributed by atoms with Crippen LogP contribution in [0.1, 0.15) is 22.2 Å². The number of nitrogens with one attached hydrogen (secondary N) is 1. The molecule has 2 N–H and O–H groups in total. The Balaban J connectivity index is 2.10. The average Bonchev–Trinajstić information content (AvgIpc) is 2.83. The lowest BCUT2D eigenvalue weighted by Crippen LogP contribution is -2.30. The summed E-state index contributed by atoms with van der Waals surface area (Å²) in [6, 6.07) is 12.1. The van der Waals surface area contributed by atoms with E-state index in [1.807, 2.05) is 30.3 Å². The number of rotatable bonds is 4. The fraction of sp³-hybridized carbons (Fsp3) is 0.154. The van der Waals surface area contributed by atoms with Gasteiger partial charge in [0.2, 0.25) is 0 Å². The smallest absolute Gasteiger partial charge is 0.287 e. The van der Waals surface area contributed by atoms with Crippen LogP contribution < -0.4 is 5.32 Å². The Labute approximate surface area is 113 Å². The summed E-state index contributed by atoms with van der Waals surface area (Å²) in [7, 11) is 0. The molecule has 5 heteroatoms. The topological polar surface area (TPSA) is 62.5 Å². The lowest BCUT2D eigenvalue weighted by molar-refractivity contribution is 0.0887. The monoisotopic (exact) mass is 309 g/mol. The number of halogens is 1. The maximum Gasteiger partial charge on any atom is 0.287 e. The van der Waals surface area contributed by atoms with Crippen molar-refractivity contribution < 1.29 is 14.3 Å². The van der Waals surface area contributed by atoms with Crippen molar-refractivity contribution in [3.63, 3.8) is 0 Å². The fourth-order valence-corrected chi connectivity index (χ4v) is 1.89. The Hall–Kier alpha value is -1.59. The zero-order valence-corrected chi connectivity index (χ0v) is 11.1. The zero-order chi connectivity index (χ0) is 13.0. The predicted octanol–water partition coefficient (Wildman–Crippen LogP) is 2.51. The van der Waals surface area contributed by atoms with E-state index >= 15 is 0 Å². The third-order valence-electron chi connectivity index (χ3n) is 2.49. The molecule has 2 aromatic rings. The van der Waals surface area contributed by atoms with Crippen LogP contribution in [0.3, 0.4) is 0 Å². The summed E-state index contributed by atoms with van der Waals surface area (Å²) in [6.07, 6.45) is 0. The molecule has 0 radical (unpaired) electrons. The summed E-state index contributed by atoms with van der Waals surface area (Å²) in [5.74, 6) is -0.153. The van der Waals surface area contributed by atoms with Crippen LogP contribution in [-0.4, -0.2) is 17.6 Å². The number of hydrogen-bond donors (Lipinski definition) is 2. The van der Waals surface area contributed by atoms with Crippen molar-refractivity contribution in [2.75, 3.05) is 6.61 Å². The molecule has 0 saturated carbocycles. The number of carbonyl (C=O) groups is 1. The molecule has 0 unspecified atom stereocenters. The lowest BCUT2D eigenvalue weighted by Gasteiger charge is -2.15. The number of amides is 1. The van der Waals surface area contributed by atoms with Crippen LogP contribution in [0.4, 0.5) is 0 Å². The van der Waals surface area contributed by atoms with Gasteiger partial charge in [0, 0.05) is 0 Å². The van der Waals surface area contributed by atoms with Crippen molar-refractivity contribution in [1.82, 2.24) is 5.32 Å². The number of aliphatic hydroxyl groups excluding tert-OH is 1. The van der Waals surface area contributed by atoms with E-state index in [1.54, 1.807) is 12.1 Å². The molecule has 1 aromatic heterocycles. The molecule has 94 valence electrons. The molecule has 1 amide bonds. The molecule has 1 atom stereocenters. The summed E-state index contributed by atoms with van der Waals surface area (Å²) in [4.78, 5) is 11.9. The van der Waals surface area contributed by atoms with Gasteiger partial charge in [-0.15, -0.1) is 0 Å². The first-order valence-electron chi connectivity index (χ1n) is 5.42. The van der Waals surface area contributed by atoms with E-state index in [1.165, 1.54) is 0 Å². The number of benzene rings is 1. The molecular formula is C13H12BrNO3. The highest BCUT2D eigenvalue weighted by Gasteiger charge is 2.16. The summed E-state index contributed by atoms with van der Waals surface area (Å²) >= 11 is 3.13. The van der Waals surface area contributed by atoms with Gasteiger partial charge in [-0.3, -0.25) is 4.79 Å². The largest absolute Gasteiger partial charge is 0.444 e. The number of hydrogen-bond acceptors (Lipinski definition) is 3. The average molecular weight is 310 g/mol. The molecule has 0 spiro atoms. The van der Waals surface area contributed by atoms with Crippen molar-refractivity contribution in [2.45, 2.75) is 6.04 Å². The van der Waals surface area contributed by atoms with Gasteiger partial charge in [-0.2, -0.15) is 0 Å². The van der Waals surface area contributed by atoms with Crippen LogP contribution in [0.25, 0.3) is 0 Å². The Morgan fingerprint density at radius 2 is 2.00 bits per heavy atom. The maximum absolute atomic E-state index is 11.9. The lowest BCUT2D eigenvalue weighted by atomic mass is 10.1. The van der Waals surface area contributed by atoms with E-state index < -0.39 is 6.04 Å². The normalized spacial score (nSPS) is 12.1. The maximum atomic E-state index is 11.9. The third-order valence-corrected chi connectivity index (χ3v) is 2.91. The fourth-order valence-electron chi connectivity index (χ4n) is 1.59. The van der Waals surface area contributed by atoms with E-state index in [0.717, 1.165) is 5.56 Å². The minimum atomic E-state index is -0.442. The van der Waals surface area contributed by atoms with Gasteiger partial charge in [-0.25, -0.2) is 0 Å². The SMILES string of the molecule is O=C(N[C@H](CO)c1ccccc1)c1ccc(Br)o1. The van der Waals surface area contributed by atoms with Gasteiger partial charge in [-0.1, -0.05) is 30.3 Å². The van der Waals surface area contributed by atoms with Gasteiger partial charge in [0.15, 0.2) is 10.4 Å². The van der Waals surface area contributed by atoms with Crippen LogP contribution in [0.2, 0.25) is 0 Å². The quantitative estimate of drug-likeness (QED) is 0.912. The first kappa shape index (κ1) is 12.9. The Morgan fingerprint density at radius 3 is 2.56 bits per heavy atom. The molecule has 18 heavy (non-hydrogen) atoms. The first-order chi connectivity index (χ1) is 8.70. The molecule has 0 aliphatic carbocycles. The van der Waals surface area contributed by atoms with Gasteiger partial charge in [0.1, 0.15) is 0 Å². The van der Waals surface area contributed by atoms with Crippen LogP contribution in [0, 0.1) is 0 Å². The van der Waals surface area contributed by atoms with E-state index in [2.05, 4.69) is 21.2 Å². The van der Waals surface area contributed by atoms with Crippen molar-refractivity contribution in [3.05, 3.63) is 58.5 Å². The molecule has 0 aliphatic heterocycles. The second kappa shape index (κ2) is 5.84. The first-order valence-corrected chi connectivity index (χ1v) is 6.22. The molecule has 4 nitrogen and oxygen atoms in total. The highest BCUT2D eigenvalue weighted by atomic mass is 79.9. The van der Waals surface area contributed by atoms with E-state index in [4.69, 9.17) is 4.42 Å². The summed E-state index contributed by atoms with van der Waals surface area (Å²) in [5, 5.41) is 12.0. The van der Waals surface area contributed by atoms with Crippen LogP contribution in [0.15, 0.2) is 51.6 Å². The van der Waals surface area contributed by atoms with Gasteiger partial charge >= 0.3 is 0 Å². The number of aliphatic hydroxyl groups is 1. The Kier molecular flexibility index (Phi) is 4.17. The standard InChI is InChI=1S/C13H12BrNO3/c14-12-7-6-11(18-12)13(17)15-10(8-16)9-4-2-1-3-5-9/h1-7,10,16H,8H2,(H,15,17)/t10-/m1/s1. The second-order valence-corrected chi connectivity index (χ2v) is 4.50. The van der Waals surface area contributed by atoms with Crippen molar-refractivity contribution in [3.8, 4) is 0 Å². The van der Waals surface area contributed by atoms with Crippen molar-refractivity contribution in [2.24, 2.45) is 0 Å². The Bertz CT molecular complexity index is 524. The molecular weight excluding hydrogens is 298 g/mol. The van der Waals surface area contributed by atoms with E-state index in [0.29, 0.717) is 4.67 Å². The minimum Gasteiger partial charge on any atom is -0.444 e. The second-order valence-electron chi connectivity index (χ2n) is 3.72. The van der Waals surface area contributed by atoms with Gasteiger partial charge in [0.05, 0.1) is 12.6 Å². The summed E-state index contributed by atoms with van der Waals surface area (Å²) < 4.78 is 5.64. The molecule has 2 rings (SSSR count).